The summed E-state index contributed by atoms with van der Waals surface area (Å²) in [6, 6.07) is 26.9. The zero-order valence-corrected chi connectivity index (χ0v) is 33.8. The normalized spacial score (nSPS) is 13.4. The van der Waals surface area contributed by atoms with Crippen LogP contribution in [-0.2, 0) is 56.5 Å². The van der Waals surface area contributed by atoms with E-state index in [9.17, 15) is 9.59 Å². The van der Waals surface area contributed by atoms with E-state index in [1.165, 1.54) is 0 Å². The van der Waals surface area contributed by atoms with Crippen molar-refractivity contribution in [3.63, 3.8) is 0 Å². The fourth-order valence-corrected chi connectivity index (χ4v) is 5.33. The first kappa shape index (κ1) is 41.2. The zero-order valence-electron chi connectivity index (χ0n) is 30.1. The number of amides is 2. The summed E-state index contributed by atoms with van der Waals surface area (Å²) in [4.78, 5) is 35.8. The maximum Gasteiger partial charge on any atom is 0.410 e. The topological polar surface area (TPSA) is 135 Å². The monoisotopic (exact) mass is 882 g/mol. The third-order valence-corrected chi connectivity index (χ3v) is 7.72. The Morgan fingerprint density at radius 3 is 1.53 bits per heavy atom. The first-order valence-electron chi connectivity index (χ1n) is 16.6. The Kier molecular flexibility index (Phi) is 14.8. The molecule has 0 saturated carbocycles. The third-order valence-electron chi connectivity index (χ3n) is 7.51. The van der Waals surface area contributed by atoms with E-state index < -0.39 is 11.2 Å². The molecule has 4 heterocycles. The number of nitrogens with zero attached hydrogens (tertiary/aromatic N) is 4. The van der Waals surface area contributed by atoms with Crippen LogP contribution in [-0.4, -0.2) is 62.0 Å². The summed E-state index contributed by atoms with van der Waals surface area (Å²) in [6.45, 7) is 13.5. The molecule has 2 aromatic heterocycles. The van der Waals surface area contributed by atoms with Crippen molar-refractivity contribution in [3.8, 4) is 0 Å². The SMILES string of the molecule is CC(C)(C)OC(=O)N1CCc2nc(Cl)ccc2C1.CC(C)(C)OC(=O)N1CCc2nc(N)ccc2C1.N=C(c1ccccc1)c1ccccc1.[W]. The van der Waals surface area contributed by atoms with Crippen LogP contribution >= 0.6 is 11.6 Å². The second-order valence-electron chi connectivity index (χ2n) is 14.0. The van der Waals surface area contributed by atoms with Crippen LogP contribution in [0.25, 0.3) is 0 Å². The number of halogens is 1. The van der Waals surface area contributed by atoms with E-state index in [4.69, 9.17) is 32.2 Å². The van der Waals surface area contributed by atoms with Gasteiger partial charge in [-0.25, -0.2) is 19.6 Å². The molecule has 0 atom stereocenters. The summed E-state index contributed by atoms with van der Waals surface area (Å²) < 4.78 is 10.7. The van der Waals surface area contributed by atoms with Crippen LogP contribution in [0.2, 0.25) is 5.15 Å². The molecule has 4 aromatic rings. The molecule has 0 spiro atoms. The predicted octanol–water partition coefficient (Wildman–Crippen LogP) is 8.09. The number of pyridine rings is 2. The van der Waals surface area contributed by atoms with Gasteiger partial charge in [0.15, 0.2) is 0 Å². The number of anilines is 1. The number of nitrogen functional groups attached to an aromatic ring is 1. The second kappa shape index (κ2) is 18.3. The minimum absolute atomic E-state index is 0. The van der Waals surface area contributed by atoms with E-state index in [1.54, 1.807) is 21.9 Å². The number of carbonyl (C=O) groups excluding carboxylic acids is 2. The Balaban J connectivity index is 0.000000206. The van der Waals surface area contributed by atoms with E-state index in [-0.39, 0.29) is 33.3 Å². The standard InChI is InChI=1S/C13H17ClN2O2.C13H19N3O2.C13H11N.W/c2*1-13(2,3)18-12(17)16-7-6-10-9(8-16)4-5-11(14)15-10;14-13(11-7-3-1-4-8-11)12-9-5-2-6-10-12;/h4-5H,6-8H2,1-3H3;4-5H,6-8H2,1-3H3,(H2,14,15);1-10,14H;. The average molecular weight is 883 g/mol. The van der Waals surface area contributed by atoms with Gasteiger partial charge in [-0.15, -0.1) is 0 Å². The zero-order chi connectivity index (χ0) is 36.5. The maximum atomic E-state index is 11.9. The van der Waals surface area contributed by atoms with Gasteiger partial charge < -0.3 is 25.0 Å². The van der Waals surface area contributed by atoms with Crippen LogP contribution in [0.3, 0.4) is 0 Å². The summed E-state index contributed by atoms with van der Waals surface area (Å²) in [5.74, 6) is 0.527. The Hall–Kier alpha value is -4.27. The molecule has 12 heteroatoms. The molecule has 2 amide bonds. The number of nitrogens with two attached hydrogens (primary N) is 1. The smallest absolute Gasteiger partial charge is 0.410 e. The van der Waals surface area contributed by atoms with Crippen molar-refractivity contribution in [3.05, 3.63) is 124 Å². The van der Waals surface area contributed by atoms with Crippen LogP contribution in [0, 0.1) is 5.41 Å². The number of ether oxygens (including phenoxy) is 2. The first-order valence-corrected chi connectivity index (χ1v) is 17.0. The molecule has 0 saturated heterocycles. The number of carbonyl (C=O) groups is 2. The van der Waals surface area contributed by atoms with Gasteiger partial charge in [0.05, 0.1) is 18.8 Å². The van der Waals surface area contributed by atoms with Crippen molar-refractivity contribution in [2.75, 3.05) is 18.8 Å². The van der Waals surface area contributed by atoms with E-state index in [2.05, 4.69) is 9.97 Å². The summed E-state index contributed by atoms with van der Waals surface area (Å²) >= 11 is 5.85. The fraction of sp³-hybridized carbons (Fsp3) is 0.359. The molecule has 0 radical (unpaired) electrons. The van der Waals surface area contributed by atoms with E-state index in [0.29, 0.717) is 42.9 Å². The molecule has 3 N–H and O–H groups in total. The summed E-state index contributed by atoms with van der Waals surface area (Å²) in [6.07, 6.45) is 0.891. The molecule has 2 aliphatic heterocycles. The molecular formula is C39H47ClN6O4W. The van der Waals surface area contributed by atoms with Crippen molar-refractivity contribution >= 4 is 35.3 Å². The first-order chi connectivity index (χ1) is 23.6. The number of rotatable bonds is 2. The third kappa shape index (κ3) is 13.1. The fourth-order valence-electron chi connectivity index (χ4n) is 5.16. The largest absolute Gasteiger partial charge is 0.444 e. The van der Waals surface area contributed by atoms with Gasteiger partial charge in [-0.1, -0.05) is 84.4 Å². The van der Waals surface area contributed by atoms with Crippen molar-refractivity contribution in [1.82, 2.24) is 19.8 Å². The molecule has 51 heavy (non-hydrogen) atoms. The quantitative estimate of drug-likeness (QED) is 0.154. The van der Waals surface area contributed by atoms with Gasteiger partial charge in [-0.3, -0.25) is 5.41 Å². The Morgan fingerprint density at radius 1 is 0.686 bits per heavy atom. The predicted molar refractivity (Wildman–Crippen MR) is 197 cm³/mol. The van der Waals surface area contributed by atoms with Gasteiger partial charge >= 0.3 is 12.2 Å². The van der Waals surface area contributed by atoms with Gasteiger partial charge in [0.1, 0.15) is 22.2 Å². The molecule has 0 bridgehead atoms. The Bertz CT molecular complexity index is 1650. The number of benzene rings is 2. The van der Waals surface area contributed by atoms with Crippen molar-refractivity contribution < 1.29 is 40.1 Å². The molecule has 0 unspecified atom stereocenters. The molecule has 0 fully saturated rings. The van der Waals surface area contributed by atoms with Crippen molar-refractivity contribution in [2.45, 2.75) is 78.7 Å². The number of aromatic nitrogens is 2. The van der Waals surface area contributed by atoms with Gasteiger partial charge in [0.2, 0.25) is 0 Å². The maximum absolute atomic E-state index is 11.9. The van der Waals surface area contributed by atoms with E-state index in [0.717, 1.165) is 46.5 Å². The van der Waals surface area contributed by atoms with E-state index >= 15 is 0 Å². The average Bonchev–Trinajstić information content (AvgIpc) is 3.07. The minimum atomic E-state index is -0.463. The number of nitrogens with one attached hydrogen (secondary N) is 1. The molecule has 0 aliphatic carbocycles. The number of fused-ring (bicyclic) bond motifs is 2. The number of hydrogen-bond donors (Lipinski definition) is 2. The van der Waals surface area contributed by atoms with Gasteiger partial charge in [-0.05, 0) is 75.9 Å². The molecule has 6 rings (SSSR count). The number of hydrogen-bond acceptors (Lipinski definition) is 8. The van der Waals surface area contributed by atoms with Crippen LogP contribution in [0.1, 0.15) is 75.2 Å². The van der Waals surface area contributed by atoms with Crippen LogP contribution in [0.4, 0.5) is 15.4 Å². The molecule has 10 nitrogen and oxygen atoms in total. The van der Waals surface area contributed by atoms with Gasteiger partial charge in [0.25, 0.3) is 0 Å². The summed E-state index contributed by atoms with van der Waals surface area (Å²) in [5, 5.41) is 8.47. The molecule has 2 aliphatic rings. The van der Waals surface area contributed by atoms with Crippen LogP contribution in [0.15, 0.2) is 84.9 Å². The Labute approximate surface area is 320 Å². The van der Waals surface area contributed by atoms with Gasteiger partial charge in [0, 0.05) is 58.4 Å². The summed E-state index contributed by atoms with van der Waals surface area (Å²) in [7, 11) is 0. The molecule has 270 valence electrons. The summed E-state index contributed by atoms with van der Waals surface area (Å²) in [5.41, 5.74) is 11.2. The van der Waals surface area contributed by atoms with Crippen LogP contribution < -0.4 is 5.73 Å². The van der Waals surface area contributed by atoms with Crippen molar-refractivity contribution in [1.29, 1.82) is 5.41 Å². The molecular weight excluding hydrogens is 836 g/mol. The molecule has 2 aromatic carbocycles. The Morgan fingerprint density at radius 2 is 1.10 bits per heavy atom. The minimum Gasteiger partial charge on any atom is -0.444 e. The second-order valence-corrected chi connectivity index (χ2v) is 14.4. The van der Waals surface area contributed by atoms with Crippen LogP contribution in [0.5, 0.6) is 0 Å². The van der Waals surface area contributed by atoms with Crippen molar-refractivity contribution in [2.24, 2.45) is 0 Å². The van der Waals surface area contributed by atoms with Gasteiger partial charge in [-0.2, -0.15) is 0 Å². The van der Waals surface area contributed by atoms with E-state index in [1.807, 2.05) is 114 Å².